The Kier molecular flexibility index (Phi) is 4.62. The van der Waals surface area contributed by atoms with Gasteiger partial charge in [0.1, 0.15) is 0 Å². The Morgan fingerprint density at radius 2 is 2.06 bits per heavy atom. The third-order valence-electron chi connectivity index (χ3n) is 4.24. The predicted octanol–water partition coefficient (Wildman–Crippen LogP) is 1.14. The molecule has 2 heterocycles. The van der Waals surface area contributed by atoms with E-state index in [2.05, 4.69) is 16.7 Å². The molecule has 94 valence electrons. The Hall–Kier alpha value is -0.120. The van der Waals surface area contributed by atoms with Crippen LogP contribution in [0.4, 0.5) is 0 Å². The maximum Gasteiger partial charge on any atom is 0.0235 e. The van der Waals surface area contributed by atoms with Crippen LogP contribution in [-0.4, -0.2) is 55.1 Å². The highest BCUT2D eigenvalue weighted by atomic mass is 15.3. The summed E-state index contributed by atoms with van der Waals surface area (Å²) in [5, 5.41) is 0. The molecule has 0 aromatic carbocycles. The number of likely N-dealkylation sites (tertiary alicyclic amines) is 2. The van der Waals surface area contributed by atoms with Gasteiger partial charge in [0.05, 0.1) is 0 Å². The van der Waals surface area contributed by atoms with Crippen molar-refractivity contribution >= 4 is 0 Å². The third-order valence-corrected chi connectivity index (χ3v) is 4.24. The summed E-state index contributed by atoms with van der Waals surface area (Å²) in [4.78, 5) is 5.33. The van der Waals surface area contributed by atoms with Crippen molar-refractivity contribution in [2.45, 2.75) is 38.6 Å². The molecule has 16 heavy (non-hydrogen) atoms. The number of nitrogens with two attached hydrogens (primary N) is 1. The lowest BCUT2D eigenvalue weighted by Gasteiger charge is -2.24. The summed E-state index contributed by atoms with van der Waals surface area (Å²) in [6, 6.07) is 0.827. The van der Waals surface area contributed by atoms with Crippen LogP contribution in [0.5, 0.6) is 0 Å². The molecule has 3 nitrogen and oxygen atoms in total. The average molecular weight is 225 g/mol. The highest BCUT2D eigenvalue weighted by Gasteiger charge is 2.31. The van der Waals surface area contributed by atoms with Crippen molar-refractivity contribution in [3.63, 3.8) is 0 Å². The largest absolute Gasteiger partial charge is 0.330 e. The topological polar surface area (TPSA) is 32.5 Å². The van der Waals surface area contributed by atoms with Crippen molar-refractivity contribution in [2.24, 2.45) is 11.7 Å². The summed E-state index contributed by atoms with van der Waals surface area (Å²) in [7, 11) is 0. The lowest BCUT2D eigenvalue weighted by atomic mass is 10.1. The molecule has 0 bridgehead atoms. The first kappa shape index (κ1) is 12.3. The molecule has 0 amide bonds. The molecule has 2 N–H and O–H groups in total. The van der Waals surface area contributed by atoms with Gasteiger partial charge in [0, 0.05) is 19.1 Å². The smallest absolute Gasteiger partial charge is 0.0235 e. The Morgan fingerprint density at radius 3 is 2.75 bits per heavy atom. The van der Waals surface area contributed by atoms with Crippen molar-refractivity contribution in [1.29, 1.82) is 0 Å². The van der Waals surface area contributed by atoms with Crippen molar-refractivity contribution < 1.29 is 0 Å². The zero-order valence-corrected chi connectivity index (χ0v) is 10.7. The Balaban J connectivity index is 1.72. The van der Waals surface area contributed by atoms with E-state index in [1.807, 2.05) is 0 Å². The van der Waals surface area contributed by atoms with Gasteiger partial charge < -0.3 is 10.6 Å². The van der Waals surface area contributed by atoms with E-state index in [1.165, 1.54) is 58.4 Å². The second kappa shape index (κ2) is 5.99. The zero-order chi connectivity index (χ0) is 11.4. The molecule has 0 aliphatic carbocycles. The molecular formula is C13H27N3. The zero-order valence-electron chi connectivity index (χ0n) is 10.7. The maximum atomic E-state index is 5.75. The minimum Gasteiger partial charge on any atom is -0.330 e. The summed E-state index contributed by atoms with van der Waals surface area (Å²) < 4.78 is 0. The van der Waals surface area contributed by atoms with Crippen LogP contribution in [0.1, 0.15) is 32.6 Å². The molecule has 2 aliphatic heterocycles. The van der Waals surface area contributed by atoms with Gasteiger partial charge >= 0.3 is 0 Å². The van der Waals surface area contributed by atoms with Gasteiger partial charge in [0.15, 0.2) is 0 Å². The summed E-state index contributed by atoms with van der Waals surface area (Å²) in [5.41, 5.74) is 5.75. The number of rotatable bonds is 5. The van der Waals surface area contributed by atoms with Crippen LogP contribution in [0.3, 0.4) is 0 Å². The molecule has 2 fully saturated rings. The van der Waals surface area contributed by atoms with E-state index in [4.69, 9.17) is 5.73 Å². The first-order valence-electron chi connectivity index (χ1n) is 7.00. The molecule has 2 unspecified atom stereocenters. The fourth-order valence-electron chi connectivity index (χ4n) is 3.08. The number of unbranched alkanes of at least 4 members (excludes halogenated alkanes) is 1. The van der Waals surface area contributed by atoms with Gasteiger partial charge in [0.2, 0.25) is 0 Å². The Morgan fingerprint density at radius 1 is 1.19 bits per heavy atom. The monoisotopic (exact) mass is 225 g/mol. The van der Waals surface area contributed by atoms with E-state index in [9.17, 15) is 0 Å². The van der Waals surface area contributed by atoms with E-state index in [-0.39, 0.29) is 0 Å². The minimum absolute atomic E-state index is 0.768. The van der Waals surface area contributed by atoms with Crippen LogP contribution >= 0.6 is 0 Å². The first-order valence-corrected chi connectivity index (χ1v) is 7.00. The van der Waals surface area contributed by atoms with Crippen molar-refractivity contribution in [3.8, 4) is 0 Å². The second-order valence-electron chi connectivity index (χ2n) is 5.48. The van der Waals surface area contributed by atoms with Gasteiger partial charge in [-0.1, -0.05) is 13.3 Å². The summed E-state index contributed by atoms with van der Waals surface area (Å²) in [6.45, 7) is 9.62. The number of nitrogens with zero attached hydrogens (tertiary/aromatic N) is 2. The number of hydrogen-bond donors (Lipinski definition) is 1. The van der Waals surface area contributed by atoms with Crippen molar-refractivity contribution in [1.82, 2.24) is 9.80 Å². The highest BCUT2D eigenvalue weighted by Crippen LogP contribution is 2.23. The van der Waals surface area contributed by atoms with Gasteiger partial charge in [-0.05, 0) is 51.4 Å². The summed E-state index contributed by atoms with van der Waals surface area (Å²) >= 11 is 0. The molecular weight excluding hydrogens is 198 g/mol. The molecule has 0 aromatic rings. The van der Waals surface area contributed by atoms with Gasteiger partial charge in [-0.2, -0.15) is 0 Å². The van der Waals surface area contributed by atoms with Gasteiger partial charge in [0.25, 0.3) is 0 Å². The molecule has 0 radical (unpaired) electrons. The second-order valence-corrected chi connectivity index (χ2v) is 5.48. The highest BCUT2D eigenvalue weighted by molar-refractivity contribution is 4.88. The van der Waals surface area contributed by atoms with Crippen LogP contribution in [0.15, 0.2) is 0 Å². The van der Waals surface area contributed by atoms with E-state index in [0.29, 0.717) is 0 Å². The lowest BCUT2D eigenvalue weighted by Crippen LogP contribution is -2.36. The van der Waals surface area contributed by atoms with E-state index >= 15 is 0 Å². The van der Waals surface area contributed by atoms with E-state index < -0.39 is 0 Å². The van der Waals surface area contributed by atoms with Gasteiger partial charge in [-0.25, -0.2) is 0 Å². The molecule has 0 spiro atoms. The standard InChI is InChI=1S/C13H27N3/c1-2-3-6-15-7-5-13(11-15)16-8-4-12(9-14)10-16/h12-13H,2-11,14H2,1H3. The molecule has 0 aromatic heterocycles. The summed E-state index contributed by atoms with van der Waals surface area (Å²) in [5.74, 6) is 0.768. The van der Waals surface area contributed by atoms with Crippen molar-refractivity contribution in [3.05, 3.63) is 0 Å². The van der Waals surface area contributed by atoms with Gasteiger partial charge in [-0.15, -0.1) is 0 Å². The fourth-order valence-corrected chi connectivity index (χ4v) is 3.08. The van der Waals surface area contributed by atoms with Crippen LogP contribution in [0.25, 0.3) is 0 Å². The molecule has 2 saturated heterocycles. The molecule has 2 aliphatic rings. The third kappa shape index (κ3) is 2.96. The minimum atomic E-state index is 0.768. The van der Waals surface area contributed by atoms with Crippen molar-refractivity contribution in [2.75, 3.05) is 39.3 Å². The van der Waals surface area contributed by atoms with Gasteiger partial charge in [-0.3, -0.25) is 4.90 Å². The fraction of sp³-hybridized carbons (Fsp3) is 1.00. The first-order chi connectivity index (χ1) is 7.83. The number of hydrogen-bond acceptors (Lipinski definition) is 3. The SMILES string of the molecule is CCCCN1CCC(N2CCC(CN)C2)C1. The maximum absolute atomic E-state index is 5.75. The molecule has 2 atom stereocenters. The Bertz CT molecular complexity index is 207. The van der Waals surface area contributed by atoms with Crippen LogP contribution < -0.4 is 5.73 Å². The predicted molar refractivity (Wildman–Crippen MR) is 68.5 cm³/mol. The molecule has 2 rings (SSSR count). The quantitative estimate of drug-likeness (QED) is 0.761. The Labute approximate surface area is 100.0 Å². The van der Waals surface area contributed by atoms with Crippen LogP contribution in [0, 0.1) is 5.92 Å². The van der Waals surface area contributed by atoms with Crippen LogP contribution in [-0.2, 0) is 0 Å². The van der Waals surface area contributed by atoms with E-state index in [1.54, 1.807) is 0 Å². The van der Waals surface area contributed by atoms with E-state index in [0.717, 1.165) is 18.5 Å². The lowest BCUT2D eigenvalue weighted by molar-refractivity contribution is 0.225. The molecule has 0 saturated carbocycles. The summed E-state index contributed by atoms with van der Waals surface area (Å²) in [6.07, 6.45) is 5.38. The van der Waals surface area contributed by atoms with Crippen LogP contribution in [0.2, 0.25) is 0 Å². The normalized spacial score (nSPS) is 32.6. The average Bonchev–Trinajstić information content (AvgIpc) is 2.94. The molecule has 3 heteroatoms.